The topological polar surface area (TPSA) is 35.2 Å². The van der Waals surface area contributed by atoms with E-state index in [0.29, 0.717) is 13.2 Å². The lowest BCUT2D eigenvalue weighted by atomic mass is 10.0. The Morgan fingerprint density at radius 3 is 2.44 bits per heavy atom. The van der Waals surface area contributed by atoms with E-state index in [9.17, 15) is 0 Å². The van der Waals surface area contributed by atoms with E-state index in [1.165, 1.54) is 11.1 Å². The maximum absolute atomic E-state index is 5.78. The Morgan fingerprint density at radius 1 is 1.00 bits per heavy atom. The molecule has 18 heavy (non-hydrogen) atoms. The molecule has 0 aliphatic carbocycles. The van der Waals surface area contributed by atoms with Gasteiger partial charge in [-0.1, -0.05) is 48.0 Å². The molecule has 0 heterocycles. The average Bonchev–Trinajstić information content (AvgIpc) is 2.41. The fourth-order valence-electron chi connectivity index (χ4n) is 1.83. The van der Waals surface area contributed by atoms with Gasteiger partial charge in [-0.2, -0.15) is 0 Å². The summed E-state index contributed by atoms with van der Waals surface area (Å²) in [6.07, 6.45) is 0.877. The highest BCUT2D eigenvalue weighted by Gasteiger charge is 2.04. The monoisotopic (exact) mass is 241 g/mol. The highest BCUT2D eigenvalue weighted by molar-refractivity contribution is 5.70. The van der Waals surface area contributed by atoms with Crippen molar-refractivity contribution in [3.05, 3.63) is 54.1 Å². The second kappa shape index (κ2) is 6.22. The Bertz CT molecular complexity index is 491. The summed E-state index contributed by atoms with van der Waals surface area (Å²) in [5.41, 5.74) is 9.06. The first-order valence-electron chi connectivity index (χ1n) is 6.30. The van der Waals surface area contributed by atoms with Crippen molar-refractivity contribution in [2.45, 2.75) is 13.3 Å². The number of nitrogens with two attached hydrogens (primary N) is 1. The van der Waals surface area contributed by atoms with E-state index in [2.05, 4.69) is 37.3 Å². The normalized spacial score (nSPS) is 10.3. The minimum atomic E-state index is 0.659. The number of ether oxygens (including phenoxy) is 1. The van der Waals surface area contributed by atoms with E-state index in [1.807, 2.05) is 18.2 Å². The second-order valence-electron chi connectivity index (χ2n) is 4.35. The zero-order valence-corrected chi connectivity index (χ0v) is 10.7. The van der Waals surface area contributed by atoms with Crippen LogP contribution >= 0.6 is 0 Å². The number of aryl methyl sites for hydroxylation is 1. The molecule has 2 nitrogen and oxygen atoms in total. The lowest BCUT2D eigenvalue weighted by Gasteiger charge is -2.11. The van der Waals surface area contributed by atoms with Crippen molar-refractivity contribution in [3.63, 3.8) is 0 Å². The molecule has 94 valence electrons. The van der Waals surface area contributed by atoms with Gasteiger partial charge in [0.15, 0.2) is 0 Å². The molecule has 0 fully saturated rings. The smallest absolute Gasteiger partial charge is 0.127 e. The molecule has 0 aliphatic heterocycles. The van der Waals surface area contributed by atoms with Gasteiger partial charge in [-0.3, -0.25) is 0 Å². The van der Waals surface area contributed by atoms with Crippen molar-refractivity contribution in [3.8, 4) is 16.9 Å². The third-order valence-corrected chi connectivity index (χ3v) is 2.86. The van der Waals surface area contributed by atoms with Crippen molar-refractivity contribution >= 4 is 0 Å². The molecule has 0 saturated carbocycles. The van der Waals surface area contributed by atoms with Crippen molar-refractivity contribution in [2.24, 2.45) is 5.73 Å². The molecule has 0 bridgehead atoms. The molecule has 0 aliphatic rings. The minimum Gasteiger partial charge on any atom is -0.493 e. The first kappa shape index (κ1) is 12.7. The van der Waals surface area contributed by atoms with Gasteiger partial charge in [-0.15, -0.1) is 0 Å². The van der Waals surface area contributed by atoms with Gasteiger partial charge in [0, 0.05) is 5.56 Å². The molecular weight excluding hydrogens is 222 g/mol. The summed E-state index contributed by atoms with van der Waals surface area (Å²) in [7, 11) is 0. The molecule has 0 amide bonds. The zero-order chi connectivity index (χ0) is 12.8. The average molecular weight is 241 g/mol. The third-order valence-electron chi connectivity index (χ3n) is 2.86. The SMILES string of the molecule is Cc1ccc(-c2ccccc2OCCCN)cc1. The predicted molar refractivity (Wildman–Crippen MR) is 75.8 cm³/mol. The van der Waals surface area contributed by atoms with Crippen molar-refractivity contribution in [1.82, 2.24) is 0 Å². The zero-order valence-electron chi connectivity index (χ0n) is 10.7. The van der Waals surface area contributed by atoms with Crippen LogP contribution < -0.4 is 10.5 Å². The van der Waals surface area contributed by atoms with Gasteiger partial charge >= 0.3 is 0 Å². The van der Waals surface area contributed by atoms with E-state index in [-0.39, 0.29) is 0 Å². The summed E-state index contributed by atoms with van der Waals surface area (Å²) in [4.78, 5) is 0. The molecule has 2 aromatic rings. The van der Waals surface area contributed by atoms with Gasteiger partial charge in [0.25, 0.3) is 0 Å². The Morgan fingerprint density at radius 2 is 1.72 bits per heavy atom. The van der Waals surface area contributed by atoms with Crippen LogP contribution in [0, 0.1) is 6.92 Å². The van der Waals surface area contributed by atoms with Crippen molar-refractivity contribution < 1.29 is 4.74 Å². The molecule has 0 aromatic heterocycles. The van der Waals surface area contributed by atoms with E-state index in [4.69, 9.17) is 10.5 Å². The standard InChI is InChI=1S/C16H19NO/c1-13-7-9-14(10-8-13)15-5-2-3-6-16(15)18-12-4-11-17/h2-3,5-10H,4,11-12,17H2,1H3. The van der Waals surface area contributed by atoms with E-state index in [1.54, 1.807) is 0 Å². The quantitative estimate of drug-likeness (QED) is 0.814. The highest BCUT2D eigenvalue weighted by Crippen LogP contribution is 2.29. The van der Waals surface area contributed by atoms with Crippen molar-refractivity contribution in [1.29, 1.82) is 0 Å². The van der Waals surface area contributed by atoms with Crippen LogP contribution in [0.4, 0.5) is 0 Å². The van der Waals surface area contributed by atoms with Gasteiger partial charge in [-0.25, -0.2) is 0 Å². The summed E-state index contributed by atoms with van der Waals surface area (Å²) in [6, 6.07) is 16.6. The lowest BCUT2D eigenvalue weighted by Crippen LogP contribution is -2.06. The summed E-state index contributed by atoms with van der Waals surface area (Å²) in [5, 5.41) is 0. The Labute approximate surface area is 108 Å². The first-order valence-corrected chi connectivity index (χ1v) is 6.30. The number of hydrogen-bond acceptors (Lipinski definition) is 2. The van der Waals surface area contributed by atoms with E-state index in [0.717, 1.165) is 17.7 Å². The second-order valence-corrected chi connectivity index (χ2v) is 4.35. The molecule has 0 radical (unpaired) electrons. The summed E-state index contributed by atoms with van der Waals surface area (Å²) < 4.78 is 5.78. The molecule has 2 aromatic carbocycles. The number of rotatable bonds is 5. The van der Waals surface area contributed by atoms with Gasteiger partial charge in [-0.05, 0) is 31.5 Å². The largest absolute Gasteiger partial charge is 0.493 e. The Hall–Kier alpha value is -1.80. The maximum atomic E-state index is 5.78. The van der Waals surface area contributed by atoms with Crippen LogP contribution in [0.1, 0.15) is 12.0 Å². The van der Waals surface area contributed by atoms with Gasteiger partial charge in [0.1, 0.15) is 5.75 Å². The van der Waals surface area contributed by atoms with Crippen LogP contribution in [-0.4, -0.2) is 13.2 Å². The van der Waals surface area contributed by atoms with Gasteiger partial charge < -0.3 is 10.5 Å². The highest BCUT2D eigenvalue weighted by atomic mass is 16.5. The fourth-order valence-corrected chi connectivity index (χ4v) is 1.83. The molecule has 0 atom stereocenters. The van der Waals surface area contributed by atoms with Gasteiger partial charge in [0.2, 0.25) is 0 Å². The molecule has 2 heteroatoms. The maximum Gasteiger partial charge on any atom is 0.127 e. The Balaban J connectivity index is 2.23. The van der Waals surface area contributed by atoms with Crippen LogP contribution in [0.25, 0.3) is 11.1 Å². The van der Waals surface area contributed by atoms with Crippen molar-refractivity contribution in [2.75, 3.05) is 13.2 Å². The van der Waals surface area contributed by atoms with E-state index >= 15 is 0 Å². The molecular formula is C16H19NO. The van der Waals surface area contributed by atoms with Crippen LogP contribution in [0.2, 0.25) is 0 Å². The summed E-state index contributed by atoms with van der Waals surface area (Å²) in [6.45, 7) is 3.42. The van der Waals surface area contributed by atoms with Crippen LogP contribution in [-0.2, 0) is 0 Å². The number of hydrogen-bond donors (Lipinski definition) is 1. The molecule has 2 rings (SSSR count). The molecule has 0 spiro atoms. The number of para-hydroxylation sites is 1. The number of benzene rings is 2. The molecule has 0 saturated heterocycles. The fraction of sp³-hybridized carbons (Fsp3) is 0.250. The lowest BCUT2D eigenvalue weighted by molar-refractivity contribution is 0.314. The summed E-state index contributed by atoms with van der Waals surface area (Å²) in [5.74, 6) is 0.926. The van der Waals surface area contributed by atoms with Crippen LogP contribution in [0.5, 0.6) is 5.75 Å². The predicted octanol–water partition coefficient (Wildman–Crippen LogP) is 3.39. The molecule has 2 N–H and O–H groups in total. The third kappa shape index (κ3) is 3.11. The van der Waals surface area contributed by atoms with Crippen LogP contribution in [0.3, 0.4) is 0 Å². The molecule has 0 unspecified atom stereocenters. The minimum absolute atomic E-state index is 0.659. The van der Waals surface area contributed by atoms with Gasteiger partial charge in [0.05, 0.1) is 6.61 Å². The van der Waals surface area contributed by atoms with E-state index < -0.39 is 0 Å². The first-order chi connectivity index (χ1) is 8.81. The Kier molecular flexibility index (Phi) is 4.37. The van der Waals surface area contributed by atoms with Crippen LogP contribution in [0.15, 0.2) is 48.5 Å². The summed E-state index contributed by atoms with van der Waals surface area (Å²) >= 11 is 0.